The van der Waals surface area contributed by atoms with Crippen LogP contribution < -0.4 is 0 Å². The number of rotatable bonds is 0. The van der Waals surface area contributed by atoms with Crippen LogP contribution in [-0.2, 0) is 0 Å². The van der Waals surface area contributed by atoms with Gasteiger partial charge in [-0.2, -0.15) is 0 Å². The second kappa shape index (κ2) is 3.12. The minimum absolute atomic E-state index is 0.475. The van der Waals surface area contributed by atoms with Crippen LogP contribution in [0, 0.1) is 17.3 Å². The van der Waals surface area contributed by atoms with E-state index in [9.17, 15) is 0 Å². The molecule has 2 aliphatic carbocycles. The topological polar surface area (TPSA) is 0 Å². The molecule has 0 bridgehead atoms. The molecule has 0 unspecified atom stereocenters. The molecule has 0 saturated heterocycles. The summed E-state index contributed by atoms with van der Waals surface area (Å²) >= 11 is 0. The largest absolute Gasteiger partial charge is 0.0738 e. The van der Waals surface area contributed by atoms with Gasteiger partial charge < -0.3 is 0 Å². The van der Waals surface area contributed by atoms with E-state index in [0.717, 1.165) is 0 Å². The van der Waals surface area contributed by atoms with E-state index < -0.39 is 0 Å². The van der Waals surface area contributed by atoms with Gasteiger partial charge in [-0.1, -0.05) is 31.4 Å². The predicted molar refractivity (Wildman–Crippen MR) is 62.0 cm³/mol. The molecule has 79 valence electrons. The summed E-state index contributed by atoms with van der Waals surface area (Å²) in [6, 6.07) is 0. The van der Waals surface area contributed by atoms with Crippen molar-refractivity contribution in [2.45, 2.75) is 59.8 Å². The Bertz CT molecular complexity index is 254. The molecule has 2 rings (SSSR count). The molecule has 2 aliphatic rings. The minimum atomic E-state index is 0.475. The summed E-state index contributed by atoms with van der Waals surface area (Å²) in [5.74, 6) is 0. The van der Waals surface area contributed by atoms with Crippen LogP contribution in [0.3, 0.4) is 0 Å². The van der Waals surface area contributed by atoms with Gasteiger partial charge in [0, 0.05) is 0 Å². The SMILES string of the molecule is CC1=C(C)CC2([CH]C(C)(C)CCC2)C1. The maximum absolute atomic E-state index is 2.67. The zero-order chi connectivity index (χ0) is 10.4. The van der Waals surface area contributed by atoms with Gasteiger partial charge in [0.1, 0.15) is 0 Å². The molecule has 14 heavy (non-hydrogen) atoms. The summed E-state index contributed by atoms with van der Waals surface area (Å²) in [6.45, 7) is 9.44. The Morgan fingerprint density at radius 1 is 1.00 bits per heavy atom. The molecule has 1 fully saturated rings. The Morgan fingerprint density at radius 3 is 2.07 bits per heavy atom. The van der Waals surface area contributed by atoms with Crippen molar-refractivity contribution in [3.8, 4) is 0 Å². The fraction of sp³-hybridized carbons (Fsp3) is 0.786. The van der Waals surface area contributed by atoms with Gasteiger partial charge in [0.2, 0.25) is 0 Å². The van der Waals surface area contributed by atoms with Crippen molar-refractivity contribution < 1.29 is 0 Å². The van der Waals surface area contributed by atoms with Crippen LogP contribution in [-0.4, -0.2) is 0 Å². The highest BCUT2D eigenvalue weighted by molar-refractivity contribution is 5.26. The van der Waals surface area contributed by atoms with Crippen molar-refractivity contribution in [1.82, 2.24) is 0 Å². The van der Waals surface area contributed by atoms with E-state index in [2.05, 4.69) is 34.1 Å². The first-order valence-electron chi connectivity index (χ1n) is 5.95. The first kappa shape index (κ1) is 10.3. The third-order valence-electron chi connectivity index (χ3n) is 4.16. The van der Waals surface area contributed by atoms with E-state index >= 15 is 0 Å². The highest BCUT2D eigenvalue weighted by Crippen LogP contribution is 2.55. The summed E-state index contributed by atoms with van der Waals surface area (Å²) in [5, 5.41) is 0. The van der Waals surface area contributed by atoms with E-state index in [-0.39, 0.29) is 0 Å². The normalized spacial score (nSPS) is 30.0. The van der Waals surface area contributed by atoms with Crippen LogP contribution in [0.5, 0.6) is 0 Å². The van der Waals surface area contributed by atoms with E-state index in [4.69, 9.17) is 0 Å². The van der Waals surface area contributed by atoms with Gasteiger partial charge in [0.15, 0.2) is 0 Å². The lowest BCUT2D eigenvalue weighted by atomic mass is 9.62. The zero-order valence-electron chi connectivity index (χ0n) is 10.1. The second-order valence-electron chi connectivity index (χ2n) is 6.26. The maximum atomic E-state index is 2.67. The van der Waals surface area contributed by atoms with Crippen LogP contribution >= 0.6 is 0 Å². The summed E-state index contributed by atoms with van der Waals surface area (Å²) < 4.78 is 0. The molecule has 1 radical (unpaired) electrons. The fourth-order valence-corrected chi connectivity index (χ4v) is 3.57. The average molecular weight is 191 g/mol. The molecule has 0 heterocycles. The van der Waals surface area contributed by atoms with Crippen LogP contribution in [0.4, 0.5) is 0 Å². The highest BCUT2D eigenvalue weighted by Gasteiger charge is 2.43. The Kier molecular flexibility index (Phi) is 2.28. The van der Waals surface area contributed by atoms with Crippen LogP contribution in [0.1, 0.15) is 59.8 Å². The molecule has 0 nitrogen and oxygen atoms in total. The van der Waals surface area contributed by atoms with Gasteiger partial charge in [-0.3, -0.25) is 0 Å². The van der Waals surface area contributed by atoms with Gasteiger partial charge >= 0.3 is 0 Å². The Morgan fingerprint density at radius 2 is 1.57 bits per heavy atom. The Labute approximate surface area is 88.8 Å². The molecule has 1 spiro atoms. The molecule has 0 aromatic carbocycles. The minimum Gasteiger partial charge on any atom is -0.0738 e. The molecule has 0 aromatic heterocycles. The zero-order valence-corrected chi connectivity index (χ0v) is 10.1. The lowest BCUT2D eigenvalue weighted by Crippen LogP contribution is -2.32. The third-order valence-corrected chi connectivity index (χ3v) is 4.16. The lowest BCUT2D eigenvalue weighted by molar-refractivity contribution is 0.179. The second-order valence-corrected chi connectivity index (χ2v) is 6.26. The molecule has 1 saturated carbocycles. The number of allylic oxidation sites excluding steroid dienone is 2. The summed E-state index contributed by atoms with van der Waals surface area (Å²) in [7, 11) is 0. The van der Waals surface area contributed by atoms with E-state index in [0.29, 0.717) is 10.8 Å². The van der Waals surface area contributed by atoms with E-state index in [1.807, 2.05) is 0 Å². The van der Waals surface area contributed by atoms with Gasteiger partial charge in [0.05, 0.1) is 0 Å². The summed E-state index contributed by atoms with van der Waals surface area (Å²) in [4.78, 5) is 0. The third kappa shape index (κ3) is 1.76. The van der Waals surface area contributed by atoms with Crippen molar-refractivity contribution >= 4 is 0 Å². The standard InChI is InChI=1S/C14H23/c1-11-8-14(9-12(11)2)7-5-6-13(3,4)10-14/h10H,5-9H2,1-4H3. The molecule has 0 amide bonds. The summed E-state index contributed by atoms with van der Waals surface area (Å²) in [5.41, 5.74) is 4.33. The number of hydrogen-bond acceptors (Lipinski definition) is 0. The van der Waals surface area contributed by atoms with Crippen molar-refractivity contribution in [2.24, 2.45) is 10.8 Å². The average Bonchev–Trinajstić information content (AvgIpc) is 2.24. The van der Waals surface area contributed by atoms with Crippen molar-refractivity contribution in [1.29, 1.82) is 0 Å². The predicted octanol–water partition coefficient (Wildman–Crippen LogP) is 4.52. The molecule has 0 aromatic rings. The van der Waals surface area contributed by atoms with E-state index in [1.54, 1.807) is 11.1 Å². The molecule has 0 heteroatoms. The Balaban J connectivity index is 2.13. The van der Waals surface area contributed by atoms with Crippen LogP contribution in [0.2, 0.25) is 0 Å². The van der Waals surface area contributed by atoms with Crippen molar-refractivity contribution in [2.75, 3.05) is 0 Å². The fourth-order valence-electron chi connectivity index (χ4n) is 3.57. The maximum Gasteiger partial charge on any atom is -0.0187 e. The molecule has 0 atom stereocenters. The highest BCUT2D eigenvalue weighted by atomic mass is 14.5. The first-order chi connectivity index (χ1) is 6.43. The monoisotopic (exact) mass is 191 g/mol. The van der Waals surface area contributed by atoms with Crippen LogP contribution in [0.15, 0.2) is 11.1 Å². The Hall–Kier alpha value is -0.260. The first-order valence-corrected chi connectivity index (χ1v) is 5.95. The van der Waals surface area contributed by atoms with Crippen molar-refractivity contribution in [3.63, 3.8) is 0 Å². The van der Waals surface area contributed by atoms with Crippen LogP contribution in [0.25, 0.3) is 0 Å². The smallest absolute Gasteiger partial charge is 0.0187 e. The molecule has 0 N–H and O–H groups in total. The molecule has 0 aliphatic heterocycles. The molecular formula is C14H23. The number of hydrogen-bond donors (Lipinski definition) is 0. The summed E-state index contributed by atoms with van der Waals surface area (Å²) in [6.07, 6.45) is 9.57. The van der Waals surface area contributed by atoms with Gasteiger partial charge in [0.25, 0.3) is 0 Å². The van der Waals surface area contributed by atoms with Crippen molar-refractivity contribution in [3.05, 3.63) is 17.6 Å². The van der Waals surface area contributed by atoms with Gasteiger partial charge in [-0.15, -0.1) is 0 Å². The quantitative estimate of drug-likeness (QED) is 0.494. The lowest BCUT2D eigenvalue weighted by Gasteiger charge is -2.43. The van der Waals surface area contributed by atoms with Gasteiger partial charge in [-0.05, 0) is 56.8 Å². The molecular weight excluding hydrogens is 168 g/mol. The van der Waals surface area contributed by atoms with Gasteiger partial charge in [-0.25, -0.2) is 0 Å². The van der Waals surface area contributed by atoms with E-state index in [1.165, 1.54) is 32.1 Å².